The molecule has 2 aromatic heterocycles. The molecule has 0 spiro atoms. The first kappa shape index (κ1) is 13.1. The predicted molar refractivity (Wildman–Crippen MR) is 76.5 cm³/mol. The summed E-state index contributed by atoms with van der Waals surface area (Å²) < 4.78 is 1.64. The molecule has 2 atom stereocenters. The van der Waals surface area contributed by atoms with E-state index in [9.17, 15) is 4.79 Å². The molecule has 0 saturated heterocycles. The Balaban J connectivity index is 1.88. The van der Waals surface area contributed by atoms with Crippen LogP contribution in [0.4, 0.5) is 0 Å². The highest BCUT2D eigenvalue weighted by Crippen LogP contribution is 2.28. The highest BCUT2D eigenvalue weighted by atomic mass is 16.2. The zero-order valence-electron chi connectivity index (χ0n) is 12.0. The van der Waals surface area contributed by atoms with Crippen LogP contribution in [-0.2, 0) is 0 Å². The van der Waals surface area contributed by atoms with Gasteiger partial charge in [-0.05, 0) is 24.8 Å². The maximum Gasteiger partial charge on any atom is 0.259 e. The minimum Gasteiger partial charge on any atom is -0.338 e. The molecule has 5 heteroatoms. The fourth-order valence-electron chi connectivity index (χ4n) is 3.19. The molecule has 1 aliphatic rings. The van der Waals surface area contributed by atoms with Crippen molar-refractivity contribution in [2.75, 3.05) is 7.05 Å². The van der Waals surface area contributed by atoms with Gasteiger partial charge >= 0.3 is 0 Å². The van der Waals surface area contributed by atoms with Crippen molar-refractivity contribution in [3.8, 4) is 0 Å². The Morgan fingerprint density at radius 1 is 1.40 bits per heavy atom. The summed E-state index contributed by atoms with van der Waals surface area (Å²) in [7, 11) is 1.90. The van der Waals surface area contributed by atoms with Crippen LogP contribution in [0.5, 0.6) is 0 Å². The topological polar surface area (TPSA) is 50.5 Å². The molecule has 0 bridgehead atoms. The minimum atomic E-state index is 0.0254. The number of carbonyl (C=O) groups excluding carboxylic acids is 1. The van der Waals surface area contributed by atoms with Crippen LogP contribution in [0.1, 0.15) is 43.0 Å². The average molecular weight is 272 g/mol. The van der Waals surface area contributed by atoms with E-state index in [1.807, 2.05) is 18.1 Å². The normalized spacial score (nSPS) is 22.9. The van der Waals surface area contributed by atoms with Gasteiger partial charge in [0.2, 0.25) is 0 Å². The third-order valence-electron chi connectivity index (χ3n) is 4.39. The highest BCUT2D eigenvalue weighted by Gasteiger charge is 2.29. The second kappa shape index (κ2) is 5.23. The van der Waals surface area contributed by atoms with Crippen LogP contribution in [0.2, 0.25) is 0 Å². The van der Waals surface area contributed by atoms with Gasteiger partial charge in [-0.25, -0.2) is 9.50 Å². The van der Waals surface area contributed by atoms with Crippen molar-refractivity contribution < 1.29 is 4.79 Å². The fraction of sp³-hybridized carbons (Fsp3) is 0.533. The third-order valence-corrected chi connectivity index (χ3v) is 4.39. The Morgan fingerprint density at radius 3 is 3.00 bits per heavy atom. The van der Waals surface area contributed by atoms with E-state index in [4.69, 9.17) is 0 Å². The van der Waals surface area contributed by atoms with E-state index in [2.05, 4.69) is 17.0 Å². The summed E-state index contributed by atoms with van der Waals surface area (Å²) in [5, 5.41) is 4.19. The Hall–Kier alpha value is -1.91. The molecule has 2 heterocycles. The van der Waals surface area contributed by atoms with Crippen molar-refractivity contribution in [1.29, 1.82) is 0 Å². The molecule has 1 fully saturated rings. The standard InChI is InChI=1S/C15H20N4O/c1-11-6-3-4-7-13(11)18(2)15(20)12-10-17-19-9-5-8-16-14(12)19/h5,8-11,13H,3-4,6-7H2,1-2H3/t11-,13+/m1/s1. The van der Waals surface area contributed by atoms with Gasteiger partial charge in [0.1, 0.15) is 5.56 Å². The quantitative estimate of drug-likeness (QED) is 0.843. The van der Waals surface area contributed by atoms with E-state index >= 15 is 0 Å². The number of nitrogens with zero attached hydrogens (tertiary/aromatic N) is 4. The molecule has 2 aromatic rings. The van der Waals surface area contributed by atoms with Crippen LogP contribution >= 0.6 is 0 Å². The van der Waals surface area contributed by atoms with E-state index in [-0.39, 0.29) is 5.91 Å². The van der Waals surface area contributed by atoms with Gasteiger partial charge in [-0.15, -0.1) is 0 Å². The summed E-state index contributed by atoms with van der Waals surface area (Å²) in [6, 6.07) is 2.14. The molecule has 5 nitrogen and oxygen atoms in total. The monoisotopic (exact) mass is 272 g/mol. The molecular formula is C15H20N4O. The van der Waals surface area contributed by atoms with Crippen LogP contribution in [0.3, 0.4) is 0 Å². The first-order chi connectivity index (χ1) is 9.68. The lowest BCUT2D eigenvalue weighted by Gasteiger charge is -2.36. The summed E-state index contributed by atoms with van der Waals surface area (Å²) in [5.41, 5.74) is 1.22. The Labute approximate surface area is 118 Å². The lowest BCUT2D eigenvalue weighted by atomic mass is 9.85. The van der Waals surface area contributed by atoms with Gasteiger partial charge < -0.3 is 4.90 Å². The number of rotatable bonds is 2. The lowest BCUT2D eigenvalue weighted by molar-refractivity contribution is 0.0630. The molecule has 0 aromatic carbocycles. The molecule has 3 rings (SSSR count). The molecule has 1 amide bonds. The molecule has 20 heavy (non-hydrogen) atoms. The van der Waals surface area contributed by atoms with Gasteiger partial charge in [-0.2, -0.15) is 5.10 Å². The molecule has 0 radical (unpaired) electrons. The number of hydrogen-bond donors (Lipinski definition) is 0. The van der Waals surface area contributed by atoms with E-state index < -0.39 is 0 Å². The summed E-state index contributed by atoms with van der Waals surface area (Å²) >= 11 is 0. The fourth-order valence-corrected chi connectivity index (χ4v) is 3.19. The summed E-state index contributed by atoms with van der Waals surface area (Å²) in [6.45, 7) is 2.24. The van der Waals surface area contributed by atoms with Crippen LogP contribution < -0.4 is 0 Å². The van der Waals surface area contributed by atoms with E-state index in [1.165, 1.54) is 19.3 Å². The smallest absolute Gasteiger partial charge is 0.259 e. The molecule has 0 unspecified atom stereocenters. The van der Waals surface area contributed by atoms with Gasteiger partial charge in [0.05, 0.1) is 6.20 Å². The molecular weight excluding hydrogens is 252 g/mol. The number of carbonyl (C=O) groups is 1. The van der Waals surface area contributed by atoms with Crippen molar-refractivity contribution >= 4 is 11.6 Å². The van der Waals surface area contributed by atoms with Gasteiger partial charge in [0.25, 0.3) is 5.91 Å². The van der Waals surface area contributed by atoms with Crippen molar-refractivity contribution in [2.24, 2.45) is 5.92 Å². The Morgan fingerprint density at radius 2 is 2.20 bits per heavy atom. The molecule has 0 N–H and O–H groups in total. The molecule has 1 aliphatic carbocycles. The highest BCUT2D eigenvalue weighted by molar-refractivity contribution is 5.99. The molecule has 106 valence electrons. The lowest BCUT2D eigenvalue weighted by Crippen LogP contribution is -2.42. The summed E-state index contributed by atoms with van der Waals surface area (Å²) in [5.74, 6) is 0.588. The number of aromatic nitrogens is 3. The van der Waals surface area contributed by atoms with Gasteiger partial charge in [0.15, 0.2) is 5.65 Å². The number of fused-ring (bicyclic) bond motifs is 1. The van der Waals surface area contributed by atoms with Crippen LogP contribution in [0.25, 0.3) is 5.65 Å². The van der Waals surface area contributed by atoms with Crippen molar-refractivity contribution in [1.82, 2.24) is 19.5 Å². The van der Waals surface area contributed by atoms with Crippen LogP contribution in [0.15, 0.2) is 24.7 Å². The Bertz CT molecular complexity index is 621. The zero-order valence-corrected chi connectivity index (χ0v) is 12.0. The first-order valence-corrected chi connectivity index (χ1v) is 7.24. The molecule has 0 aliphatic heterocycles. The second-order valence-electron chi connectivity index (χ2n) is 5.69. The SMILES string of the molecule is C[C@@H]1CCCC[C@@H]1N(C)C(=O)c1cnn2cccnc12. The third kappa shape index (κ3) is 2.17. The number of hydrogen-bond acceptors (Lipinski definition) is 3. The maximum absolute atomic E-state index is 12.7. The van der Waals surface area contributed by atoms with Gasteiger partial charge in [-0.3, -0.25) is 4.79 Å². The summed E-state index contributed by atoms with van der Waals surface area (Å²) in [6.07, 6.45) is 9.90. The largest absolute Gasteiger partial charge is 0.338 e. The zero-order chi connectivity index (χ0) is 14.1. The average Bonchev–Trinajstić information content (AvgIpc) is 2.90. The maximum atomic E-state index is 12.7. The van der Waals surface area contributed by atoms with Gasteiger partial charge in [0, 0.05) is 25.5 Å². The van der Waals surface area contributed by atoms with Crippen molar-refractivity contribution in [2.45, 2.75) is 38.6 Å². The predicted octanol–water partition coefficient (Wildman–Crippen LogP) is 2.38. The second-order valence-corrected chi connectivity index (χ2v) is 5.69. The first-order valence-electron chi connectivity index (χ1n) is 7.24. The molecule has 1 saturated carbocycles. The van der Waals surface area contributed by atoms with E-state index in [0.29, 0.717) is 23.2 Å². The summed E-state index contributed by atoms with van der Waals surface area (Å²) in [4.78, 5) is 18.8. The van der Waals surface area contributed by atoms with Crippen LogP contribution in [0, 0.1) is 5.92 Å². The van der Waals surface area contributed by atoms with E-state index in [0.717, 1.165) is 6.42 Å². The van der Waals surface area contributed by atoms with Gasteiger partial charge in [-0.1, -0.05) is 19.8 Å². The van der Waals surface area contributed by atoms with Crippen molar-refractivity contribution in [3.05, 3.63) is 30.2 Å². The van der Waals surface area contributed by atoms with Crippen LogP contribution in [-0.4, -0.2) is 38.5 Å². The number of amides is 1. The Kier molecular flexibility index (Phi) is 3.42. The van der Waals surface area contributed by atoms with Crippen molar-refractivity contribution in [3.63, 3.8) is 0 Å². The minimum absolute atomic E-state index is 0.0254. The van der Waals surface area contributed by atoms with E-state index in [1.54, 1.807) is 23.0 Å².